The second kappa shape index (κ2) is 10.6. The maximum absolute atomic E-state index is 13.3. The van der Waals surface area contributed by atoms with Crippen molar-refractivity contribution in [3.05, 3.63) is 132 Å². The first-order chi connectivity index (χ1) is 16.2. The summed E-state index contributed by atoms with van der Waals surface area (Å²) in [5.41, 5.74) is 1.85. The molecule has 0 aromatic heterocycles. The summed E-state index contributed by atoms with van der Waals surface area (Å²) in [5.74, 6) is -0.249. The average molecular weight is 451 g/mol. The van der Waals surface area contributed by atoms with Gasteiger partial charge in [-0.25, -0.2) is 0 Å². The zero-order valence-corrected chi connectivity index (χ0v) is 19.3. The Morgan fingerprint density at radius 2 is 0.788 bits per heavy atom. The van der Waals surface area contributed by atoms with Crippen LogP contribution in [0.4, 0.5) is 0 Å². The highest BCUT2D eigenvalue weighted by Crippen LogP contribution is 2.06. The minimum Gasteiger partial charge on any atom is -0.358 e. The van der Waals surface area contributed by atoms with Crippen LogP contribution in [0.3, 0.4) is 0 Å². The van der Waals surface area contributed by atoms with Gasteiger partial charge in [0.2, 0.25) is 11.8 Å². The van der Waals surface area contributed by atoms with Crippen LogP contribution in [-0.2, 0) is 22.4 Å². The third-order valence-corrected chi connectivity index (χ3v) is 9.19. The molecule has 2 amide bonds. The van der Waals surface area contributed by atoms with Crippen molar-refractivity contribution in [2.75, 3.05) is 0 Å². The summed E-state index contributed by atoms with van der Waals surface area (Å²) in [6.45, 7) is 0. The topological polar surface area (TPSA) is 58.2 Å². The molecule has 0 aliphatic heterocycles. The van der Waals surface area contributed by atoms with Gasteiger partial charge in [0.1, 0.15) is 0 Å². The molecular weight excluding hydrogens is 424 g/mol. The first-order valence-electron chi connectivity index (χ1n) is 11.0. The van der Waals surface area contributed by atoms with E-state index in [0.717, 1.165) is 21.5 Å². The third kappa shape index (κ3) is 5.64. The van der Waals surface area contributed by atoms with E-state index < -0.39 is 8.40 Å². The molecule has 5 heteroatoms. The van der Waals surface area contributed by atoms with Gasteiger partial charge in [-0.3, -0.25) is 9.59 Å². The van der Waals surface area contributed by atoms with E-state index in [9.17, 15) is 9.59 Å². The molecule has 0 aliphatic rings. The summed E-state index contributed by atoms with van der Waals surface area (Å²) < 4.78 is 0. The Morgan fingerprint density at radius 1 is 0.485 bits per heavy atom. The standard InChI is InChI=1S/C28H26N2O2Si/c31-27(21-23-13-5-1-6-14-23)29-33(25-17-9-3-10-18-25,26-19-11-4-12-20-26)30-28(32)22-24-15-7-2-8-16-24/h1-20H,21-22H2,(H,29,31)(H,30,32). The SMILES string of the molecule is O=C(Cc1ccccc1)N[Si](NC(=O)Cc1ccccc1)(c1ccccc1)c1ccccc1. The fraction of sp³-hybridized carbons (Fsp3) is 0.0714. The molecule has 164 valence electrons. The number of amides is 2. The van der Waals surface area contributed by atoms with Gasteiger partial charge in [0.15, 0.2) is 0 Å². The summed E-state index contributed by atoms with van der Waals surface area (Å²) >= 11 is 0. The van der Waals surface area contributed by atoms with Gasteiger partial charge in [0, 0.05) is 0 Å². The van der Waals surface area contributed by atoms with Crippen molar-refractivity contribution in [1.82, 2.24) is 9.96 Å². The second-order valence-corrected chi connectivity index (χ2v) is 11.1. The third-order valence-electron chi connectivity index (χ3n) is 5.48. The molecule has 4 rings (SSSR count). The quantitative estimate of drug-likeness (QED) is 0.406. The van der Waals surface area contributed by atoms with E-state index in [1.54, 1.807) is 0 Å². The first-order valence-corrected chi connectivity index (χ1v) is 13.0. The van der Waals surface area contributed by atoms with E-state index in [4.69, 9.17) is 0 Å². The average Bonchev–Trinajstić information content (AvgIpc) is 2.86. The van der Waals surface area contributed by atoms with Gasteiger partial charge in [-0.1, -0.05) is 121 Å². The molecule has 0 unspecified atom stereocenters. The van der Waals surface area contributed by atoms with Gasteiger partial charge in [0.25, 0.3) is 0 Å². The van der Waals surface area contributed by atoms with E-state index in [0.29, 0.717) is 0 Å². The minimum absolute atomic E-state index is 0.124. The second-order valence-electron chi connectivity index (χ2n) is 7.90. The number of hydrogen-bond acceptors (Lipinski definition) is 2. The lowest BCUT2D eigenvalue weighted by molar-refractivity contribution is -0.119. The molecule has 0 bridgehead atoms. The summed E-state index contributed by atoms with van der Waals surface area (Å²) in [6.07, 6.45) is 0.480. The van der Waals surface area contributed by atoms with Crippen LogP contribution in [0.1, 0.15) is 11.1 Å². The predicted octanol–water partition coefficient (Wildman–Crippen LogP) is 2.96. The molecule has 4 nitrogen and oxygen atoms in total. The lowest BCUT2D eigenvalue weighted by Crippen LogP contribution is -2.80. The summed E-state index contributed by atoms with van der Waals surface area (Å²) in [6, 6.07) is 38.8. The van der Waals surface area contributed by atoms with Crippen LogP contribution in [0, 0.1) is 0 Å². The van der Waals surface area contributed by atoms with Crippen molar-refractivity contribution in [1.29, 1.82) is 0 Å². The summed E-state index contributed by atoms with van der Waals surface area (Å²) in [5, 5.41) is 1.83. The normalized spacial score (nSPS) is 10.9. The van der Waals surface area contributed by atoms with Crippen LogP contribution in [-0.4, -0.2) is 20.2 Å². The van der Waals surface area contributed by atoms with E-state index >= 15 is 0 Å². The van der Waals surface area contributed by atoms with Gasteiger partial charge < -0.3 is 9.96 Å². The molecule has 2 N–H and O–H groups in total. The molecule has 0 atom stereocenters. The molecule has 0 saturated carbocycles. The number of nitrogens with one attached hydrogen (secondary N) is 2. The molecule has 0 spiro atoms. The fourth-order valence-electron chi connectivity index (χ4n) is 3.93. The predicted molar refractivity (Wildman–Crippen MR) is 134 cm³/mol. The number of carbonyl (C=O) groups is 2. The molecule has 0 aliphatic carbocycles. The van der Waals surface area contributed by atoms with Crippen LogP contribution >= 0.6 is 0 Å². The maximum Gasteiger partial charge on any atom is 0.330 e. The van der Waals surface area contributed by atoms with Crippen molar-refractivity contribution >= 4 is 30.6 Å². The van der Waals surface area contributed by atoms with Crippen molar-refractivity contribution in [3.63, 3.8) is 0 Å². The Labute approximate surface area is 195 Å². The Bertz CT molecular complexity index is 1090. The Morgan fingerprint density at radius 3 is 1.12 bits per heavy atom. The van der Waals surface area contributed by atoms with E-state index in [-0.39, 0.29) is 24.7 Å². The Hall–Kier alpha value is -3.96. The Balaban J connectivity index is 1.71. The van der Waals surface area contributed by atoms with E-state index in [1.165, 1.54) is 0 Å². The van der Waals surface area contributed by atoms with Crippen molar-refractivity contribution in [2.24, 2.45) is 0 Å². The van der Waals surface area contributed by atoms with Gasteiger partial charge >= 0.3 is 8.40 Å². The zero-order valence-electron chi connectivity index (χ0n) is 18.3. The van der Waals surface area contributed by atoms with Crippen LogP contribution in [0.25, 0.3) is 0 Å². The first kappa shape index (κ1) is 22.2. The van der Waals surface area contributed by atoms with Crippen molar-refractivity contribution < 1.29 is 9.59 Å². The monoisotopic (exact) mass is 450 g/mol. The minimum atomic E-state index is -3.18. The van der Waals surface area contributed by atoms with Gasteiger partial charge in [-0.15, -0.1) is 0 Å². The van der Waals surface area contributed by atoms with Crippen LogP contribution < -0.4 is 20.3 Å². The lowest BCUT2D eigenvalue weighted by atomic mass is 10.1. The van der Waals surface area contributed by atoms with E-state index in [2.05, 4.69) is 9.96 Å². The number of benzene rings is 4. The van der Waals surface area contributed by atoms with Crippen molar-refractivity contribution in [3.8, 4) is 0 Å². The smallest absolute Gasteiger partial charge is 0.330 e. The highest BCUT2D eigenvalue weighted by atomic mass is 28.3. The molecule has 4 aromatic carbocycles. The molecular formula is C28H26N2O2Si. The highest BCUT2D eigenvalue weighted by Gasteiger charge is 2.42. The molecule has 0 fully saturated rings. The van der Waals surface area contributed by atoms with E-state index in [1.807, 2.05) is 121 Å². The largest absolute Gasteiger partial charge is 0.358 e. The fourth-order valence-corrected chi connectivity index (χ4v) is 7.30. The molecule has 33 heavy (non-hydrogen) atoms. The zero-order chi connectivity index (χ0) is 22.9. The number of hydrogen-bond donors (Lipinski definition) is 2. The van der Waals surface area contributed by atoms with Crippen LogP contribution in [0.2, 0.25) is 0 Å². The number of rotatable bonds is 8. The summed E-state index contributed by atoms with van der Waals surface area (Å²) in [4.78, 5) is 33.2. The Kier molecular flexibility index (Phi) is 7.12. The lowest BCUT2D eigenvalue weighted by Gasteiger charge is -2.33. The van der Waals surface area contributed by atoms with Gasteiger partial charge in [-0.2, -0.15) is 0 Å². The number of carbonyl (C=O) groups excluding carboxylic acids is 2. The van der Waals surface area contributed by atoms with Gasteiger partial charge in [0.05, 0.1) is 12.8 Å². The molecule has 0 radical (unpaired) electrons. The summed E-state index contributed by atoms with van der Waals surface area (Å²) in [7, 11) is -3.18. The highest BCUT2D eigenvalue weighted by molar-refractivity contribution is 7.01. The van der Waals surface area contributed by atoms with Crippen LogP contribution in [0.15, 0.2) is 121 Å². The maximum atomic E-state index is 13.3. The molecule has 0 heterocycles. The molecule has 0 saturated heterocycles. The van der Waals surface area contributed by atoms with Gasteiger partial charge in [-0.05, 0) is 21.5 Å². The van der Waals surface area contributed by atoms with Crippen molar-refractivity contribution in [2.45, 2.75) is 12.8 Å². The molecule has 4 aromatic rings. The van der Waals surface area contributed by atoms with Crippen LogP contribution in [0.5, 0.6) is 0 Å².